The van der Waals surface area contributed by atoms with E-state index in [0.29, 0.717) is 5.69 Å². The largest absolute Gasteiger partial charge is 0.462 e. The van der Waals surface area contributed by atoms with Gasteiger partial charge in [0.25, 0.3) is 5.69 Å². The number of nitro groups is 1. The number of hydrogen-bond donors (Lipinski definition) is 0. The average molecular weight is 364 g/mol. The molecular weight excluding hydrogens is 332 g/mol. The smallest absolute Gasteiger partial charge is 0.338 e. The van der Waals surface area contributed by atoms with Crippen molar-refractivity contribution in [1.82, 2.24) is 0 Å². The highest BCUT2D eigenvalue weighted by Crippen LogP contribution is 2.29. The fourth-order valence-corrected chi connectivity index (χ4v) is 2.94. The van der Waals surface area contributed by atoms with Crippen LogP contribution >= 0.6 is 0 Å². The predicted octanol–water partition coefficient (Wildman–Crippen LogP) is 5.35. The highest BCUT2D eigenvalue weighted by molar-refractivity contribution is 5.91. The van der Waals surface area contributed by atoms with Crippen molar-refractivity contribution < 1.29 is 14.5 Å². The summed E-state index contributed by atoms with van der Waals surface area (Å²) in [5.41, 5.74) is 0.686. The predicted molar refractivity (Wildman–Crippen MR) is 105 cm³/mol. The van der Waals surface area contributed by atoms with Crippen molar-refractivity contribution >= 4 is 17.3 Å². The van der Waals surface area contributed by atoms with Crippen molar-refractivity contribution in [3.8, 4) is 0 Å². The van der Waals surface area contributed by atoms with Crippen LogP contribution in [0.15, 0.2) is 18.2 Å². The van der Waals surface area contributed by atoms with E-state index in [9.17, 15) is 14.9 Å². The van der Waals surface area contributed by atoms with Crippen LogP contribution in [0.3, 0.4) is 0 Å². The molecule has 0 aliphatic rings. The standard InChI is InChI=1S/C20H32N2O4/c1-4-6-7-8-9-10-11-12-15-21(3)18-14-13-17(20(23)26-5-2)16-19(18)22(24)25/h13-14,16H,4-12,15H2,1-3H3. The average Bonchev–Trinajstić information content (AvgIpc) is 2.63. The van der Waals surface area contributed by atoms with Crippen molar-refractivity contribution in [3.05, 3.63) is 33.9 Å². The van der Waals surface area contributed by atoms with Crippen LogP contribution in [0, 0.1) is 10.1 Å². The molecule has 1 rings (SSSR count). The fraction of sp³-hybridized carbons (Fsp3) is 0.650. The molecule has 0 radical (unpaired) electrons. The van der Waals surface area contributed by atoms with Gasteiger partial charge in [-0.2, -0.15) is 0 Å². The lowest BCUT2D eigenvalue weighted by Gasteiger charge is -2.19. The first-order chi connectivity index (χ1) is 12.5. The molecule has 146 valence electrons. The molecule has 0 N–H and O–H groups in total. The maximum absolute atomic E-state index is 11.8. The molecule has 0 fully saturated rings. The van der Waals surface area contributed by atoms with Gasteiger partial charge < -0.3 is 9.64 Å². The molecule has 0 aliphatic carbocycles. The van der Waals surface area contributed by atoms with E-state index in [1.807, 2.05) is 11.9 Å². The maximum Gasteiger partial charge on any atom is 0.338 e. The van der Waals surface area contributed by atoms with Crippen molar-refractivity contribution in [2.75, 3.05) is 25.1 Å². The lowest BCUT2D eigenvalue weighted by atomic mass is 10.1. The summed E-state index contributed by atoms with van der Waals surface area (Å²) in [4.78, 5) is 24.6. The minimum absolute atomic E-state index is 0.0578. The third-order valence-electron chi connectivity index (χ3n) is 4.44. The minimum Gasteiger partial charge on any atom is -0.462 e. The molecule has 0 spiro atoms. The van der Waals surface area contributed by atoms with Gasteiger partial charge in [0.2, 0.25) is 0 Å². The summed E-state index contributed by atoms with van der Waals surface area (Å²) in [5, 5.41) is 11.4. The molecule has 0 saturated carbocycles. The van der Waals surface area contributed by atoms with Crippen LogP contribution in [-0.4, -0.2) is 31.1 Å². The number of carbonyl (C=O) groups is 1. The number of anilines is 1. The normalized spacial score (nSPS) is 10.6. The molecule has 6 heteroatoms. The quantitative estimate of drug-likeness (QED) is 0.204. The fourth-order valence-electron chi connectivity index (χ4n) is 2.94. The van der Waals surface area contributed by atoms with Crippen LogP contribution in [0.5, 0.6) is 0 Å². The van der Waals surface area contributed by atoms with Crippen molar-refractivity contribution in [2.45, 2.75) is 65.2 Å². The summed E-state index contributed by atoms with van der Waals surface area (Å²) < 4.78 is 4.91. The molecule has 0 saturated heterocycles. The van der Waals surface area contributed by atoms with Gasteiger partial charge in [0.05, 0.1) is 17.1 Å². The number of hydrogen-bond acceptors (Lipinski definition) is 5. The van der Waals surface area contributed by atoms with Crippen molar-refractivity contribution in [2.24, 2.45) is 0 Å². The van der Waals surface area contributed by atoms with E-state index in [4.69, 9.17) is 4.74 Å². The number of esters is 1. The van der Waals surface area contributed by atoms with Gasteiger partial charge in [-0.15, -0.1) is 0 Å². The van der Waals surface area contributed by atoms with Gasteiger partial charge in [0.1, 0.15) is 5.69 Å². The van der Waals surface area contributed by atoms with Crippen LogP contribution in [0.4, 0.5) is 11.4 Å². The first kappa shape index (κ1) is 21.9. The number of carbonyl (C=O) groups excluding carboxylic acids is 1. The lowest BCUT2D eigenvalue weighted by Crippen LogP contribution is -2.20. The van der Waals surface area contributed by atoms with Gasteiger partial charge in [0.15, 0.2) is 0 Å². The van der Waals surface area contributed by atoms with Gasteiger partial charge in [-0.3, -0.25) is 10.1 Å². The highest BCUT2D eigenvalue weighted by Gasteiger charge is 2.20. The summed E-state index contributed by atoms with van der Waals surface area (Å²) in [6.07, 6.45) is 9.79. The van der Waals surface area contributed by atoms with Gasteiger partial charge >= 0.3 is 5.97 Å². The summed E-state index contributed by atoms with van der Waals surface area (Å²) >= 11 is 0. The van der Waals surface area contributed by atoms with E-state index < -0.39 is 10.9 Å². The molecular formula is C20H32N2O4. The molecule has 0 amide bonds. The molecule has 1 aromatic carbocycles. The minimum atomic E-state index is -0.534. The zero-order valence-corrected chi connectivity index (χ0v) is 16.3. The second-order valence-corrected chi connectivity index (χ2v) is 6.58. The summed E-state index contributed by atoms with van der Waals surface area (Å²) in [6.45, 7) is 4.92. The van der Waals surface area contributed by atoms with E-state index in [0.717, 1.165) is 19.4 Å². The Balaban J connectivity index is 2.55. The SMILES string of the molecule is CCCCCCCCCCN(C)c1ccc(C(=O)OCC)cc1[N+](=O)[O-]. The molecule has 0 atom stereocenters. The van der Waals surface area contributed by atoms with Gasteiger partial charge in [-0.25, -0.2) is 4.79 Å². The molecule has 26 heavy (non-hydrogen) atoms. The second kappa shape index (κ2) is 12.3. The topological polar surface area (TPSA) is 72.7 Å². The lowest BCUT2D eigenvalue weighted by molar-refractivity contribution is -0.384. The van der Waals surface area contributed by atoms with Gasteiger partial charge in [-0.05, 0) is 25.5 Å². The highest BCUT2D eigenvalue weighted by atomic mass is 16.6. The van der Waals surface area contributed by atoms with Crippen molar-refractivity contribution in [3.63, 3.8) is 0 Å². The Hall–Kier alpha value is -2.11. The summed E-state index contributed by atoms with van der Waals surface area (Å²) in [6, 6.07) is 4.53. The number of nitro benzene ring substituents is 1. The van der Waals surface area contributed by atoms with Crippen LogP contribution < -0.4 is 4.90 Å². The zero-order chi connectivity index (χ0) is 19.4. The molecule has 0 heterocycles. The van der Waals surface area contributed by atoms with Crippen LogP contribution in [0.25, 0.3) is 0 Å². The van der Waals surface area contributed by atoms with Gasteiger partial charge in [0, 0.05) is 19.7 Å². The Morgan fingerprint density at radius 3 is 2.27 bits per heavy atom. The molecule has 0 aromatic heterocycles. The Bertz CT molecular complexity index is 575. The summed E-state index contributed by atoms with van der Waals surface area (Å²) in [5.74, 6) is -0.534. The zero-order valence-electron chi connectivity index (χ0n) is 16.3. The van der Waals surface area contributed by atoms with Crippen LogP contribution in [-0.2, 0) is 4.74 Å². The summed E-state index contributed by atoms with van der Waals surface area (Å²) in [7, 11) is 1.85. The Morgan fingerprint density at radius 1 is 1.08 bits per heavy atom. The van der Waals surface area contributed by atoms with E-state index in [-0.39, 0.29) is 17.9 Å². The molecule has 6 nitrogen and oxygen atoms in total. The Morgan fingerprint density at radius 2 is 1.69 bits per heavy atom. The van der Waals surface area contributed by atoms with Crippen LogP contribution in [0.1, 0.15) is 75.6 Å². The van der Waals surface area contributed by atoms with Crippen molar-refractivity contribution in [1.29, 1.82) is 0 Å². The Labute approximate surface area is 156 Å². The molecule has 0 bridgehead atoms. The first-order valence-corrected chi connectivity index (χ1v) is 9.67. The molecule has 0 unspecified atom stereocenters. The van der Waals surface area contributed by atoms with E-state index in [1.54, 1.807) is 19.1 Å². The number of rotatable bonds is 13. The number of nitrogens with zero attached hydrogens (tertiary/aromatic N) is 2. The van der Waals surface area contributed by atoms with E-state index >= 15 is 0 Å². The first-order valence-electron chi connectivity index (χ1n) is 9.67. The van der Waals surface area contributed by atoms with E-state index in [2.05, 4.69) is 6.92 Å². The second-order valence-electron chi connectivity index (χ2n) is 6.58. The number of benzene rings is 1. The number of unbranched alkanes of at least 4 members (excludes halogenated alkanes) is 7. The van der Waals surface area contributed by atoms with Crippen LogP contribution in [0.2, 0.25) is 0 Å². The maximum atomic E-state index is 11.8. The number of ether oxygens (including phenoxy) is 1. The molecule has 1 aromatic rings. The third kappa shape index (κ3) is 7.42. The third-order valence-corrected chi connectivity index (χ3v) is 4.44. The molecule has 0 aliphatic heterocycles. The monoisotopic (exact) mass is 364 g/mol. The van der Waals surface area contributed by atoms with E-state index in [1.165, 1.54) is 44.6 Å². The van der Waals surface area contributed by atoms with Gasteiger partial charge in [-0.1, -0.05) is 51.9 Å². The Kier molecular flexibility index (Phi) is 10.4.